The minimum absolute atomic E-state index is 0.0302. The Balaban J connectivity index is 1.90. The summed E-state index contributed by atoms with van der Waals surface area (Å²) in [4.78, 5) is 37.2. The van der Waals surface area contributed by atoms with Crippen LogP contribution in [0.25, 0.3) is 0 Å². The van der Waals surface area contributed by atoms with Crippen LogP contribution in [0.4, 0.5) is 0 Å². The van der Waals surface area contributed by atoms with Crippen LogP contribution in [0, 0.1) is 0 Å². The van der Waals surface area contributed by atoms with Gasteiger partial charge in [0.2, 0.25) is 11.8 Å². The van der Waals surface area contributed by atoms with Crippen LogP contribution in [-0.2, 0) is 9.59 Å². The molecule has 0 aromatic heterocycles. The third-order valence-corrected chi connectivity index (χ3v) is 4.05. The highest BCUT2D eigenvalue weighted by Crippen LogP contribution is 2.21. The van der Waals surface area contributed by atoms with E-state index in [0.29, 0.717) is 12.1 Å². The van der Waals surface area contributed by atoms with Gasteiger partial charge in [-0.05, 0) is 19.3 Å². The molecular weight excluding hydrogens is 280 g/mol. The second-order valence-corrected chi connectivity index (χ2v) is 5.70. The lowest BCUT2D eigenvalue weighted by atomic mass is 9.98. The lowest BCUT2D eigenvalue weighted by Gasteiger charge is -2.35. The molecular formula is C17H22N2O3. The molecule has 5 heteroatoms. The minimum Gasteiger partial charge on any atom is -0.370 e. The molecule has 118 valence electrons. The Kier molecular flexibility index (Phi) is 5.69. The number of Topliss-reactive ketones (excluding diaryl/α,β-unsaturated/α-hetero) is 1. The Bertz CT molecular complexity index is 542. The van der Waals surface area contributed by atoms with Crippen molar-refractivity contribution >= 4 is 17.6 Å². The van der Waals surface area contributed by atoms with Gasteiger partial charge in [-0.1, -0.05) is 30.3 Å². The van der Waals surface area contributed by atoms with E-state index in [1.165, 1.54) is 0 Å². The minimum atomic E-state index is -0.384. The predicted octanol–water partition coefficient (Wildman–Crippen LogP) is 1.91. The van der Waals surface area contributed by atoms with E-state index >= 15 is 0 Å². The Morgan fingerprint density at radius 2 is 1.82 bits per heavy atom. The summed E-state index contributed by atoms with van der Waals surface area (Å²) in [5, 5.41) is 0. The zero-order valence-electron chi connectivity index (χ0n) is 12.7. The summed E-state index contributed by atoms with van der Waals surface area (Å²) in [5.41, 5.74) is 5.88. The Morgan fingerprint density at radius 1 is 1.09 bits per heavy atom. The number of rotatable bonds is 6. The molecule has 2 amide bonds. The van der Waals surface area contributed by atoms with Crippen molar-refractivity contribution in [2.45, 2.75) is 44.6 Å². The van der Waals surface area contributed by atoms with Gasteiger partial charge in [0, 0.05) is 37.4 Å². The quantitative estimate of drug-likeness (QED) is 0.815. The smallest absolute Gasteiger partial charge is 0.223 e. The van der Waals surface area contributed by atoms with Gasteiger partial charge in [-0.15, -0.1) is 0 Å². The highest BCUT2D eigenvalue weighted by atomic mass is 16.2. The summed E-state index contributed by atoms with van der Waals surface area (Å²) in [6.45, 7) is 0.649. The fraction of sp³-hybridized carbons (Fsp3) is 0.471. The van der Waals surface area contributed by atoms with Gasteiger partial charge in [0.1, 0.15) is 0 Å². The van der Waals surface area contributed by atoms with E-state index in [2.05, 4.69) is 0 Å². The summed E-state index contributed by atoms with van der Waals surface area (Å²) in [6, 6.07) is 8.87. The zero-order valence-corrected chi connectivity index (χ0v) is 12.7. The first-order valence-corrected chi connectivity index (χ1v) is 7.74. The third-order valence-electron chi connectivity index (χ3n) is 4.05. The molecule has 1 unspecified atom stereocenters. The first-order chi connectivity index (χ1) is 10.6. The average molecular weight is 302 g/mol. The molecule has 1 aliphatic heterocycles. The molecule has 1 aliphatic rings. The van der Waals surface area contributed by atoms with Gasteiger partial charge >= 0.3 is 0 Å². The van der Waals surface area contributed by atoms with E-state index in [0.717, 1.165) is 19.3 Å². The number of hydrogen-bond donors (Lipinski definition) is 1. The topological polar surface area (TPSA) is 80.5 Å². The second kappa shape index (κ2) is 7.73. The van der Waals surface area contributed by atoms with Crippen molar-refractivity contribution in [1.29, 1.82) is 0 Å². The van der Waals surface area contributed by atoms with Crippen LogP contribution in [0.3, 0.4) is 0 Å². The van der Waals surface area contributed by atoms with Gasteiger partial charge in [0.25, 0.3) is 0 Å². The van der Waals surface area contributed by atoms with Crippen molar-refractivity contribution < 1.29 is 14.4 Å². The number of likely N-dealkylation sites (tertiary alicyclic amines) is 1. The lowest BCUT2D eigenvalue weighted by molar-refractivity contribution is -0.135. The van der Waals surface area contributed by atoms with E-state index in [9.17, 15) is 14.4 Å². The lowest BCUT2D eigenvalue weighted by Crippen LogP contribution is -2.45. The molecule has 2 N–H and O–H groups in total. The van der Waals surface area contributed by atoms with Crippen molar-refractivity contribution in [3.63, 3.8) is 0 Å². The van der Waals surface area contributed by atoms with Gasteiger partial charge in [-0.3, -0.25) is 14.4 Å². The average Bonchev–Trinajstić information content (AvgIpc) is 2.53. The summed E-state index contributed by atoms with van der Waals surface area (Å²) in [7, 11) is 0. The number of nitrogens with zero attached hydrogens (tertiary/aromatic N) is 1. The molecule has 5 nitrogen and oxygen atoms in total. The number of piperidine rings is 1. The number of hydrogen-bond acceptors (Lipinski definition) is 3. The van der Waals surface area contributed by atoms with E-state index in [1.807, 2.05) is 18.2 Å². The number of benzene rings is 1. The summed E-state index contributed by atoms with van der Waals surface area (Å²) in [6.07, 6.45) is 3.34. The fourth-order valence-electron chi connectivity index (χ4n) is 2.91. The number of carbonyl (C=O) groups excluding carboxylic acids is 3. The maximum absolute atomic E-state index is 12.3. The molecule has 2 rings (SSSR count). The maximum atomic E-state index is 12.3. The summed E-state index contributed by atoms with van der Waals surface area (Å²) in [5.74, 6) is -0.474. The standard InChI is InChI=1S/C17H22N2O3/c18-16(21)12-14-8-4-5-11-19(14)17(22)10-9-15(20)13-6-2-1-3-7-13/h1-3,6-7,14H,4-5,8-12H2,(H2,18,21). The molecule has 0 bridgehead atoms. The van der Waals surface area contributed by atoms with Crippen LogP contribution in [0.5, 0.6) is 0 Å². The zero-order chi connectivity index (χ0) is 15.9. The van der Waals surface area contributed by atoms with Crippen molar-refractivity contribution in [1.82, 2.24) is 4.90 Å². The van der Waals surface area contributed by atoms with Crippen LogP contribution in [-0.4, -0.2) is 35.1 Å². The molecule has 1 fully saturated rings. The van der Waals surface area contributed by atoms with Crippen molar-refractivity contribution in [2.75, 3.05) is 6.54 Å². The van der Waals surface area contributed by atoms with Crippen LogP contribution in [0.1, 0.15) is 48.9 Å². The predicted molar refractivity (Wildman–Crippen MR) is 83.2 cm³/mol. The normalized spacial score (nSPS) is 18.0. The van der Waals surface area contributed by atoms with Gasteiger partial charge in [-0.2, -0.15) is 0 Å². The van der Waals surface area contributed by atoms with Gasteiger partial charge < -0.3 is 10.6 Å². The molecule has 22 heavy (non-hydrogen) atoms. The molecule has 0 radical (unpaired) electrons. The van der Waals surface area contributed by atoms with Gasteiger partial charge in [0.15, 0.2) is 5.78 Å². The highest BCUT2D eigenvalue weighted by molar-refractivity contribution is 5.97. The van der Waals surface area contributed by atoms with E-state index in [-0.39, 0.29) is 42.9 Å². The molecule has 1 saturated heterocycles. The van der Waals surface area contributed by atoms with Crippen LogP contribution >= 0.6 is 0 Å². The molecule has 0 aliphatic carbocycles. The number of nitrogens with two attached hydrogens (primary N) is 1. The molecule has 1 aromatic carbocycles. The van der Waals surface area contributed by atoms with E-state index in [4.69, 9.17) is 5.73 Å². The molecule has 0 saturated carbocycles. The van der Waals surface area contributed by atoms with Crippen molar-refractivity contribution in [3.05, 3.63) is 35.9 Å². The number of ketones is 1. The summed E-state index contributed by atoms with van der Waals surface area (Å²) < 4.78 is 0. The molecule has 1 atom stereocenters. The fourth-order valence-corrected chi connectivity index (χ4v) is 2.91. The van der Waals surface area contributed by atoms with Crippen molar-refractivity contribution in [3.8, 4) is 0 Å². The Morgan fingerprint density at radius 3 is 2.50 bits per heavy atom. The number of carbonyl (C=O) groups is 3. The highest BCUT2D eigenvalue weighted by Gasteiger charge is 2.27. The summed E-state index contributed by atoms with van der Waals surface area (Å²) >= 11 is 0. The van der Waals surface area contributed by atoms with Crippen LogP contribution < -0.4 is 5.73 Å². The maximum Gasteiger partial charge on any atom is 0.223 e. The Hall–Kier alpha value is -2.17. The monoisotopic (exact) mass is 302 g/mol. The largest absolute Gasteiger partial charge is 0.370 e. The van der Waals surface area contributed by atoms with Gasteiger partial charge in [0.05, 0.1) is 0 Å². The van der Waals surface area contributed by atoms with Crippen LogP contribution in [0.2, 0.25) is 0 Å². The van der Waals surface area contributed by atoms with E-state index in [1.54, 1.807) is 17.0 Å². The van der Waals surface area contributed by atoms with Crippen molar-refractivity contribution in [2.24, 2.45) is 5.73 Å². The molecule has 0 spiro atoms. The molecule has 1 aromatic rings. The van der Waals surface area contributed by atoms with Crippen LogP contribution in [0.15, 0.2) is 30.3 Å². The first kappa shape index (κ1) is 16.2. The van der Waals surface area contributed by atoms with Gasteiger partial charge in [-0.25, -0.2) is 0 Å². The SMILES string of the molecule is NC(=O)CC1CCCCN1C(=O)CCC(=O)c1ccccc1. The third kappa shape index (κ3) is 4.41. The first-order valence-electron chi connectivity index (χ1n) is 7.74. The number of amides is 2. The number of primary amides is 1. The second-order valence-electron chi connectivity index (χ2n) is 5.70. The Labute approximate surface area is 130 Å². The van der Waals surface area contributed by atoms with E-state index < -0.39 is 0 Å². The molecule has 1 heterocycles.